The van der Waals surface area contributed by atoms with E-state index in [1.54, 1.807) is 0 Å². The second kappa shape index (κ2) is 6.93. The van der Waals surface area contributed by atoms with Crippen LogP contribution in [0.5, 0.6) is 5.75 Å². The number of hydrogen-bond acceptors (Lipinski definition) is 2. The Balaban J connectivity index is 2.20. The number of unbranched alkanes of at least 4 members (excludes halogenated alkanes) is 2. The molecule has 2 rings (SSSR count). The third-order valence-electron chi connectivity index (χ3n) is 4.21. The third-order valence-corrected chi connectivity index (χ3v) is 4.21. The van der Waals surface area contributed by atoms with E-state index in [0.717, 1.165) is 54.7 Å². The minimum atomic E-state index is 0.256. The largest absolute Gasteiger partial charge is 0.461 e. The number of ether oxygens (including phenoxy) is 1. The smallest absolute Gasteiger partial charge is 0.162 e. The maximum Gasteiger partial charge on any atom is 0.162 e. The summed E-state index contributed by atoms with van der Waals surface area (Å²) < 4.78 is 5.96. The predicted octanol–water partition coefficient (Wildman–Crippen LogP) is 4.92. The lowest BCUT2D eigenvalue weighted by Gasteiger charge is -2.23. The van der Waals surface area contributed by atoms with Crippen LogP contribution in [0.25, 0.3) is 0 Å². The quantitative estimate of drug-likeness (QED) is 0.694. The molecule has 2 nitrogen and oxygen atoms in total. The zero-order valence-electron chi connectivity index (χ0n) is 13.7. The summed E-state index contributed by atoms with van der Waals surface area (Å²) in [5.41, 5.74) is 4.51. The highest BCUT2D eigenvalue weighted by Crippen LogP contribution is 2.35. The van der Waals surface area contributed by atoms with Crippen LogP contribution in [-0.4, -0.2) is 5.78 Å². The molecule has 21 heavy (non-hydrogen) atoms. The molecule has 1 aromatic carbocycles. The van der Waals surface area contributed by atoms with Gasteiger partial charge in [0.25, 0.3) is 0 Å². The summed E-state index contributed by atoms with van der Waals surface area (Å²) in [5, 5.41) is 0. The second-order valence-electron chi connectivity index (χ2n) is 5.95. The molecule has 0 radical (unpaired) electrons. The van der Waals surface area contributed by atoms with Gasteiger partial charge in [0.1, 0.15) is 11.5 Å². The number of carbonyl (C=O) groups excluding carboxylic acids is 1. The first-order chi connectivity index (χ1) is 10.1. The van der Waals surface area contributed by atoms with E-state index in [1.165, 1.54) is 11.1 Å². The number of benzene rings is 1. The molecule has 1 aromatic rings. The van der Waals surface area contributed by atoms with E-state index in [1.807, 2.05) is 6.92 Å². The van der Waals surface area contributed by atoms with E-state index in [4.69, 9.17) is 4.74 Å². The van der Waals surface area contributed by atoms with Gasteiger partial charge in [-0.2, -0.15) is 0 Å². The lowest BCUT2D eigenvalue weighted by atomic mass is 9.92. The summed E-state index contributed by atoms with van der Waals surface area (Å²) in [4.78, 5) is 12.4. The van der Waals surface area contributed by atoms with Crippen molar-refractivity contribution in [2.75, 3.05) is 0 Å². The number of rotatable bonds is 6. The molecule has 0 aromatic heterocycles. The molecular weight excluding hydrogens is 260 g/mol. The predicted molar refractivity (Wildman–Crippen MR) is 86.7 cm³/mol. The van der Waals surface area contributed by atoms with Gasteiger partial charge in [-0.25, -0.2) is 0 Å². The van der Waals surface area contributed by atoms with Crippen LogP contribution in [0.4, 0.5) is 0 Å². The van der Waals surface area contributed by atoms with Crippen LogP contribution in [0, 0.1) is 6.92 Å². The van der Waals surface area contributed by atoms with Gasteiger partial charge in [0, 0.05) is 18.4 Å². The summed E-state index contributed by atoms with van der Waals surface area (Å²) in [5.74, 6) is 2.00. The highest BCUT2D eigenvalue weighted by molar-refractivity contribution is 5.96. The molecule has 0 N–H and O–H groups in total. The Hall–Kier alpha value is -1.57. The van der Waals surface area contributed by atoms with Crippen molar-refractivity contribution in [3.05, 3.63) is 40.2 Å². The fraction of sp³-hybridized carbons (Fsp3) is 0.526. The molecule has 0 spiro atoms. The van der Waals surface area contributed by atoms with Gasteiger partial charge in [-0.3, -0.25) is 4.79 Å². The van der Waals surface area contributed by atoms with E-state index >= 15 is 0 Å². The molecule has 0 unspecified atom stereocenters. The number of aryl methyl sites for hydroxylation is 2. The Kier molecular flexibility index (Phi) is 5.22. The summed E-state index contributed by atoms with van der Waals surface area (Å²) in [6.07, 6.45) is 5.62. The number of allylic oxidation sites excluding steroid dienone is 2. The van der Waals surface area contributed by atoms with Crippen LogP contribution in [0.3, 0.4) is 0 Å². The van der Waals surface area contributed by atoms with E-state index in [0.29, 0.717) is 6.42 Å². The number of hydrogen-bond donors (Lipinski definition) is 0. The Bertz CT molecular complexity index is 567. The van der Waals surface area contributed by atoms with Gasteiger partial charge < -0.3 is 4.74 Å². The number of Topliss-reactive ketones (excluding diaryl/α,β-unsaturated/α-hetero) is 1. The van der Waals surface area contributed by atoms with Crippen molar-refractivity contribution in [3.8, 4) is 5.75 Å². The highest BCUT2D eigenvalue weighted by atomic mass is 16.5. The molecule has 0 amide bonds. The molecule has 1 aliphatic heterocycles. The summed E-state index contributed by atoms with van der Waals surface area (Å²) >= 11 is 0. The fourth-order valence-electron chi connectivity index (χ4n) is 2.92. The molecule has 1 aliphatic rings. The molecule has 114 valence electrons. The van der Waals surface area contributed by atoms with Gasteiger partial charge in [-0.1, -0.05) is 38.8 Å². The lowest BCUT2D eigenvalue weighted by molar-refractivity contribution is -0.116. The molecule has 0 aliphatic carbocycles. The Labute approximate surface area is 128 Å². The van der Waals surface area contributed by atoms with Crippen LogP contribution in [0.15, 0.2) is 23.5 Å². The van der Waals surface area contributed by atoms with Gasteiger partial charge in [0.05, 0.1) is 0 Å². The summed E-state index contributed by atoms with van der Waals surface area (Å²) in [7, 11) is 0. The van der Waals surface area contributed by atoms with Crippen LogP contribution in [0.2, 0.25) is 0 Å². The molecule has 1 heterocycles. The summed E-state index contributed by atoms with van der Waals surface area (Å²) in [6, 6.07) is 4.37. The van der Waals surface area contributed by atoms with Crippen molar-refractivity contribution in [2.24, 2.45) is 0 Å². The average Bonchev–Trinajstić information content (AvgIpc) is 2.47. The first-order valence-corrected chi connectivity index (χ1v) is 8.10. The molecule has 0 fully saturated rings. The van der Waals surface area contributed by atoms with Crippen molar-refractivity contribution in [1.82, 2.24) is 0 Å². The molecule has 0 saturated heterocycles. The van der Waals surface area contributed by atoms with Crippen molar-refractivity contribution < 1.29 is 9.53 Å². The van der Waals surface area contributed by atoms with Crippen LogP contribution in [-0.2, 0) is 17.6 Å². The van der Waals surface area contributed by atoms with Crippen LogP contribution in [0.1, 0.15) is 63.1 Å². The maximum absolute atomic E-state index is 12.4. The van der Waals surface area contributed by atoms with Crippen molar-refractivity contribution >= 4 is 5.78 Å². The number of fused-ring (bicyclic) bond motifs is 1. The van der Waals surface area contributed by atoms with Crippen molar-refractivity contribution in [1.29, 1.82) is 0 Å². The normalized spacial score (nSPS) is 13.9. The van der Waals surface area contributed by atoms with E-state index < -0.39 is 0 Å². The number of ketones is 1. The minimum absolute atomic E-state index is 0.256. The zero-order chi connectivity index (χ0) is 15.4. The standard InChI is InChI=1S/C19H26O2/c1-5-7-8-9-18(20)17-12-16-11-15(6-2)10-13(3)19(16)21-14(17)4/h10-11H,5-9,12H2,1-4H3. The SMILES string of the molecule is CCCCCC(=O)C1=C(C)Oc2c(C)cc(CC)cc2C1. The lowest BCUT2D eigenvalue weighted by Crippen LogP contribution is -2.16. The highest BCUT2D eigenvalue weighted by Gasteiger charge is 2.23. The van der Waals surface area contributed by atoms with Gasteiger partial charge in [-0.15, -0.1) is 0 Å². The minimum Gasteiger partial charge on any atom is -0.461 e. The average molecular weight is 286 g/mol. The molecule has 0 saturated carbocycles. The first kappa shape index (κ1) is 15.8. The zero-order valence-corrected chi connectivity index (χ0v) is 13.7. The fourth-order valence-corrected chi connectivity index (χ4v) is 2.92. The Morgan fingerprint density at radius 2 is 1.95 bits per heavy atom. The third kappa shape index (κ3) is 3.55. The molecule has 0 atom stereocenters. The molecule has 0 bridgehead atoms. The Morgan fingerprint density at radius 3 is 2.62 bits per heavy atom. The Morgan fingerprint density at radius 1 is 1.19 bits per heavy atom. The van der Waals surface area contributed by atoms with Crippen LogP contribution < -0.4 is 4.74 Å². The molecular formula is C19H26O2. The topological polar surface area (TPSA) is 26.3 Å². The van der Waals surface area contributed by atoms with E-state index in [2.05, 4.69) is 32.9 Å². The first-order valence-electron chi connectivity index (χ1n) is 8.10. The van der Waals surface area contributed by atoms with Gasteiger partial charge in [0.2, 0.25) is 0 Å². The number of carbonyl (C=O) groups is 1. The monoisotopic (exact) mass is 286 g/mol. The van der Waals surface area contributed by atoms with E-state index in [-0.39, 0.29) is 5.78 Å². The van der Waals surface area contributed by atoms with Crippen molar-refractivity contribution in [3.63, 3.8) is 0 Å². The van der Waals surface area contributed by atoms with E-state index in [9.17, 15) is 4.79 Å². The van der Waals surface area contributed by atoms with Gasteiger partial charge in [0.15, 0.2) is 5.78 Å². The van der Waals surface area contributed by atoms with Crippen LogP contribution >= 0.6 is 0 Å². The van der Waals surface area contributed by atoms with Crippen molar-refractivity contribution in [2.45, 2.75) is 66.2 Å². The van der Waals surface area contributed by atoms with Gasteiger partial charge >= 0.3 is 0 Å². The summed E-state index contributed by atoms with van der Waals surface area (Å²) in [6.45, 7) is 8.31. The van der Waals surface area contributed by atoms with Gasteiger partial charge in [-0.05, 0) is 43.4 Å². The maximum atomic E-state index is 12.4. The second-order valence-corrected chi connectivity index (χ2v) is 5.95. The molecule has 2 heteroatoms.